The molecule has 0 unspecified atom stereocenters. The Morgan fingerprint density at radius 3 is 2.44 bits per heavy atom. The van der Waals surface area contributed by atoms with Gasteiger partial charge in [-0.15, -0.1) is 17.0 Å². The molecule has 5 heteroatoms. The number of hydrogen-bond acceptors (Lipinski definition) is 2. The third kappa shape index (κ3) is 11.4. The fourth-order valence-corrected chi connectivity index (χ4v) is 0.289. The molecule has 0 spiro atoms. The lowest BCUT2D eigenvalue weighted by atomic mass is 10.6. The minimum Gasteiger partial charge on any atom is -0.309 e. The summed E-state index contributed by atoms with van der Waals surface area (Å²) < 4.78 is 0. The minimum absolute atomic E-state index is 0. The van der Waals surface area contributed by atoms with Crippen LogP contribution in [0, 0.1) is 0 Å². The van der Waals surface area contributed by atoms with Crippen LogP contribution in [0.4, 0.5) is 0 Å². The molecule has 0 aromatic rings. The van der Waals surface area contributed by atoms with E-state index in [0.717, 1.165) is 6.54 Å². The Kier molecular flexibility index (Phi) is 9.93. The lowest BCUT2D eigenvalue weighted by molar-refractivity contribution is 0.420. The highest BCUT2D eigenvalue weighted by Gasteiger charge is 1.83. The smallest absolute Gasteiger partial charge is 0.0385 e. The number of likely N-dealkylation sites (N-methyl/N-ethyl adjacent to an activating group) is 1. The van der Waals surface area contributed by atoms with E-state index in [-0.39, 0.29) is 17.0 Å². The summed E-state index contributed by atoms with van der Waals surface area (Å²) in [6.07, 6.45) is 0. The van der Waals surface area contributed by atoms with Crippen LogP contribution in [-0.4, -0.2) is 32.1 Å². The van der Waals surface area contributed by atoms with E-state index >= 15 is 0 Å². The van der Waals surface area contributed by atoms with Crippen molar-refractivity contribution in [2.24, 2.45) is 5.11 Å². The van der Waals surface area contributed by atoms with Crippen molar-refractivity contribution in [2.75, 3.05) is 27.2 Å². The van der Waals surface area contributed by atoms with Gasteiger partial charge in [-0.1, -0.05) is 5.11 Å². The molecule has 4 nitrogen and oxygen atoms in total. The van der Waals surface area contributed by atoms with E-state index < -0.39 is 0 Å². The van der Waals surface area contributed by atoms with Gasteiger partial charge in [-0.25, -0.2) is 0 Å². The summed E-state index contributed by atoms with van der Waals surface area (Å²) in [6, 6.07) is 0. The third-order valence-corrected chi connectivity index (χ3v) is 0.710. The van der Waals surface area contributed by atoms with Gasteiger partial charge in [0.25, 0.3) is 0 Å². The van der Waals surface area contributed by atoms with Crippen LogP contribution in [0.3, 0.4) is 0 Å². The van der Waals surface area contributed by atoms with Crippen molar-refractivity contribution in [2.45, 2.75) is 0 Å². The number of nitrogens with zero attached hydrogens (tertiary/aromatic N) is 4. The SMILES string of the molecule is Br.CN(C)CCN=[N+]=[N-]. The Labute approximate surface area is 65.2 Å². The molecule has 0 heterocycles. The first kappa shape index (κ1) is 11.5. The predicted molar refractivity (Wildman–Crippen MR) is 42.9 cm³/mol. The van der Waals surface area contributed by atoms with Crippen LogP contribution >= 0.6 is 17.0 Å². The van der Waals surface area contributed by atoms with Crippen molar-refractivity contribution in [1.29, 1.82) is 0 Å². The zero-order valence-electron chi connectivity index (χ0n) is 5.61. The lowest BCUT2D eigenvalue weighted by Gasteiger charge is -2.03. The monoisotopic (exact) mass is 194 g/mol. The molecule has 54 valence electrons. The number of rotatable bonds is 3. The number of azide groups is 1. The standard InChI is InChI=1S/C4H10N4.BrH/c1-8(2)4-3-6-7-5;/h3-4H2,1-2H3;1H. The van der Waals surface area contributed by atoms with Gasteiger partial charge in [-0.3, -0.25) is 0 Å². The van der Waals surface area contributed by atoms with Gasteiger partial charge < -0.3 is 4.90 Å². The topological polar surface area (TPSA) is 52.0 Å². The lowest BCUT2D eigenvalue weighted by Crippen LogP contribution is -2.14. The molecule has 0 saturated carbocycles. The van der Waals surface area contributed by atoms with Crippen molar-refractivity contribution in [3.8, 4) is 0 Å². The zero-order chi connectivity index (χ0) is 6.41. The van der Waals surface area contributed by atoms with Crippen LogP contribution in [0.2, 0.25) is 0 Å². The van der Waals surface area contributed by atoms with E-state index in [1.54, 1.807) is 0 Å². The van der Waals surface area contributed by atoms with Crippen molar-refractivity contribution in [3.63, 3.8) is 0 Å². The summed E-state index contributed by atoms with van der Waals surface area (Å²) in [6.45, 7) is 1.38. The average molecular weight is 195 g/mol. The Morgan fingerprint density at radius 2 is 2.11 bits per heavy atom. The molecule has 9 heavy (non-hydrogen) atoms. The second-order valence-electron chi connectivity index (χ2n) is 1.76. The molecule has 0 saturated heterocycles. The number of hydrogen-bond donors (Lipinski definition) is 0. The van der Waals surface area contributed by atoms with Crippen LogP contribution in [0.5, 0.6) is 0 Å². The molecule has 0 aliphatic heterocycles. The molecule has 0 aromatic carbocycles. The fourth-order valence-electron chi connectivity index (χ4n) is 0.289. The Balaban J connectivity index is 0. The van der Waals surface area contributed by atoms with Crippen molar-refractivity contribution in [1.82, 2.24) is 4.90 Å². The molecule has 0 N–H and O–H groups in total. The summed E-state index contributed by atoms with van der Waals surface area (Å²) >= 11 is 0. The van der Waals surface area contributed by atoms with E-state index in [4.69, 9.17) is 5.53 Å². The molecular weight excluding hydrogens is 184 g/mol. The van der Waals surface area contributed by atoms with Crippen molar-refractivity contribution < 1.29 is 0 Å². The highest BCUT2D eigenvalue weighted by Crippen LogP contribution is 1.74. The van der Waals surface area contributed by atoms with E-state index in [2.05, 4.69) is 10.0 Å². The van der Waals surface area contributed by atoms with Gasteiger partial charge >= 0.3 is 0 Å². The number of halogens is 1. The summed E-state index contributed by atoms with van der Waals surface area (Å²) in [4.78, 5) is 4.57. The maximum absolute atomic E-state index is 7.82. The summed E-state index contributed by atoms with van der Waals surface area (Å²) in [5, 5.41) is 3.35. The van der Waals surface area contributed by atoms with Crippen LogP contribution in [-0.2, 0) is 0 Å². The first-order valence-corrected chi connectivity index (χ1v) is 2.43. The van der Waals surface area contributed by atoms with Crippen LogP contribution in [0.25, 0.3) is 10.4 Å². The molecule has 0 atom stereocenters. The molecular formula is C4H11BrN4. The van der Waals surface area contributed by atoms with E-state index in [9.17, 15) is 0 Å². The van der Waals surface area contributed by atoms with Gasteiger partial charge in [-0.05, 0) is 19.6 Å². The molecule has 0 aliphatic rings. The third-order valence-electron chi connectivity index (χ3n) is 0.710. The van der Waals surface area contributed by atoms with Gasteiger partial charge in [0.05, 0.1) is 0 Å². The highest BCUT2D eigenvalue weighted by atomic mass is 79.9. The molecule has 0 aliphatic carbocycles. The first-order valence-electron chi connectivity index (χ1n) is 2.43. The van der Waals surface area contributed by atoms with Crippen LogP contribution in [0.15, 0.2) is 5.11 Å². The summed E-state index contributed by atoms with van der Waals surface area (Å²) in [5.74, 6) is 0. The van der Waals surface area contributed by atoms with Gasteiger partial charge in [-0.2, -0.15) is 0 Å². The average Bonchev–Trinajstić information content (AvgIpc) is 1.66. The second-order valence-corrected chi connectivity index (χ2v) is 1.76. The van der Waals surface area contributed by atoms with E-state index in [1.165, 1.54) is 0 Å². The quantitative estimate of drug-likeness (QED) is 0.381. The fraction of sp³-hybridized carbons (Fsp3) is 1.00. The molecule has 0 bridgehead atoms. The highest BCUT2D eigenvalue weighted by molar-refractivity contribution is 8.93. The van der Waals surface area contributed by atoms with Crippen LogP contribution in [0.1, 0.15) is 0 Å². The molecule has 0 rings (SSSR count). The van der Waals surface area contributed by atoms with Gasteiger partial charge in [0.15, 0.2) is 0 Å². The van der Waals surface area contributed by atoms with Crippen molar-refractivity contribution in [3.05, 3.63) is 10.4 Å². The summed E-state index contributed by atoms with van der Waals surface area (Å²) in [5.41, 5.74) is 7.82. The second kappa shape index (κ2) is 7.75. The van der Waals surface area contributed by atoms with Gasteiger partial charge in [0.1, 0.15) is 0 Å². The maximum Gasteiger partial charge on any atom is 0.0385 e. The minimum atomic E-state index is 0. The Hall–Kier alpha value is -0.250. The normalized spacial score (nSPS) is 7.89. The first-order chi connectivity index (χ1) is 3.77. The van der Waals surface area contributed by atoms with E-state index in [1.807, 2.05) is 19.0 Å². The molecule has 0 radical (unpaired) electrons. The van der Waals surface area contributed by atoms with Crippen LogP contribution < -0.4 is 0 Å². The molecule has 0 aromatic heterocycles. The molecule has 0 fully saturated rings. The van der Waals surface area contributed by atoms with Gasteiger partial charge in [0, 0.05) is 18.0 Å². The van der Waals surface area contributed by atoms with Gasteiger partial charge in [0.2, 0.25) is 0 Å². The predicted octanol–water partition coefficient (Wildman–Crippen LogP) is 1.44. The van der Waals surface area contributed by atoms with Crippen molar-refractivity contribution >= 4 is 17.0 Å². The Bertz CT molecular complexity index is 96.7. The Morgan fingerprint density at radius 1 is 1.56 bits per heavy atom. The zero-order valence-corrected chi connectivity index (χ0v) is 7.32. The van der Waals surface area contributed by atoms with E-state index in [0.29, 0.717) is 6.54 Å². The molecule has 0 amide bonds. The summed E-state index contributed by atoms with van der Waals surface area (Å²) in [7, 11) is 3.87. The maximum atomic E-state index is 7.82. The largest absolute Gasteiger partial charge is 0.309 e.